The van der Waals surface area contributed by atoms with E-state index in [1.165, 1.54) is 48.5 Å². The fourth-order valence-electron chi connectivity index (χ4n) is 7.47. The van der Waals surface area contributed by atoms with Crippen LogP contribution in [0.15, 0.2) is 48.5 Å². The highest BCUT2D eigenvalue weighted by Gasteiger charge is 2.45. The number of unbranched alkanes of at least 4 members (excludes halogenated alkanes) is 2. The molecule has 0 bridgehead atoms. The summed E-state index contributed by atoms with van der Waals surface area (Å²) in [7, 11) is -1.67. The first kappa shape index (κ1) is 32.8. The van der Waals surface area contributed by atoms with E-state index in [0.717, 1.165) is 49.8 Å². The lowest BCUT2D eigenvalue weighted by Crippen LogP contribution is -2.40. The largest absolute Gasteiger partial charge is 0.482 e. The molecule has 0 aromatic heterocycles. The van der Waals surface area contributed by atoms with Gasteiger partial charge in [-0.3, -0.25) is 0 Å². The molecule has 5 atom stereocenters. The van der Waals surface area contributed by atoms with Gasteiger partial charge in [0.2, 0.25) is 0 Å². The van der Waals surface area contributed by atoms with Crippen LogP contribution in [0.4, 0.5) is 0 Å². The number of carbonyl (C=O) groups excluding carboxylic acids is 1. The van der Waals surface area contributed by atoms with Crippen LogP contribution >= 0.6 is 0 Å². The fraction of sp³-hybridized carbons (Fsp3) is 0.639. The average Bonchev–Trinajstić information content (AvgIpc) is 3.33. The van der Waals surface area contributed by atoms with Gasteiger partial charge in [-0.25, -0.2) is 4.79 Å². The molecular formula is C36H54O5Si. The van der Waals surface area contributed by atoms with E-state index in [2.05, 4.69) is 33.8 Å². The third kappa shape index (κ3) is 8.48. The molecule has 0 spiro atoms. The Labute approximate surface area is 255 Å². The summed E-state index contributed by atoms with van der Waals surface area (Å²) in [5.41, 5.74) is 3.47. The molecule has 1 N–H and O–H groups in total. The van der Waals surface area contributed by atoms with Crippen LogP contribution in [0, 0.1) is 17.8 Å². The molecule has 1 fully saturated rings. The number of hydrogen-bond donors (Lipinski definition) is 1. The van der Waals surface area contributed by atoms with E-state index in [4.69, 9.17) is 13.9 Å². The van der Waals surface area contributed by atoms with Crippen LogP contribution < -0.4 is 4.74 Å². The van der Waals surface area contributed by atoms with Crippen molar-refractivity contribution in [3.63, 3.8) is 0 Å². The second-order valence-electron chi connectivity index (χ2n) is 12.7. The molecule has 2 aliphatic rings. The molecule has 1 saturated carbocycles. The number of ether oxygens (including phenoxy) is 2. The maximum atomic E-state index is 12.4. The van der Waals surface area contributed by atoms with Gasteiger partial charge < -0.3 is 19.0 Å². The molecule has 2 aromatic rings. The SMILES string of the molecule is CCCCC[C@@H](CC[C@@H]1[C@H]2Cc3cccc(OCC(=O)OCc4ccccc4)c3C[C@H]2C[C@H]1O)O[Si](CC)(CC)CC. The van der Waals surface area contributed by atoms with Crippen LogP contribution in [0.25, 0.3) is 0 Å². The van der Waals surface area contributed by atoms with Crippen LogP contribution in [0.3, 0.4) is 0 Å². The summed E-state index contributed by atoms with van der Waals surface area (Å²) in [6.45, 7) is 9.38. The molecule has 42 heavy (non-hydrogen) atoms. The minimum atomic E-state index is -1.67. The van der Waals surface area contributed by atoms with E-state index in [0.29, 0.717) is 23.9 Å². The normalized spacial score (nSPS) is 22.3. The molecule has 2 aliphatic carbocycles. The molecule has 4 rings (SSSR count). The molecule has 2 aromatic carbocycles. The topological polar surface area (TPSA) is 65.0 Å². The molecule has 232 valence electrons. The van der Waals surface area contributed by atoms with Gasteiger partial charge >= 0.3 is 5.97 Å². The number of rotatable bonds is 17. The maximum Gasteiger partial charge on any atom is 0.344 e. The second kappa shape index (κ2) is 16.1. The number of esters is 1. The molecule has 0 aliphatic heterocycles. The summed E-state index contributed by atoms with van der Waals surface area (Å²) in [5.74, 6) is 1.67. The van der Waals surface area contributed by atoms with Gasteiger partial charge in [-0.15, -0.1) is 0 Å². The van der Waals surface area contributed by atoms with E-state index in [9.17, 15) is 9.90 Å². The Balaban J connectivity index is 1.36. The van der Waals surface area contributed by atoms with Gasteiger partial charge in [0.05, 0.1) is 6.10 Å². The van der Waals surface area contributed by atoms with E-state index >= 15 is 0 Å². The van der Waals surface area contributed by atoms with Crippen molar-refractivity contribution < 1.29 is 23.8 Å². The second-order valence-corrected chi connectivity index (χ2v) is 17.4. The number of fused-ring (bicyclic) bond motifs is 2. The summed E-state index contributed by atoms with van der Waals surface area (Å²) in [6.07, 6.45) is 9.77. The van der Waals surface area contributed by atoms with Crippen molar-refractivity contribution >= 4 is 14.3 Å². The van der Waals surface area contributed by atoms with Crippen molar-refractivity contribution in [1.29, 1.82) is 0 Å². The maximum absolute atomic E-state index is 12.4. The summed E-state index contributed by atoms with van der Waals surface area (Å²) >= 11 is 0. The monoisotopic (exact) mass is 594 g/mol. The Hall–Kier alpha value is -2.15. The molecule has 5 nitrogen and oxygen atoms in total. The molecule has 0 heterocycles. The number of hydrogen-bond acceptors (Lipinski definition) is 5. The Morgan fingerprint density at radius 3 is 2.43 bits per heavy atom. The van der Waals surface area contributed by atoms with Gasteiger partial charge in [0.25, 0.3) is 0 Å². The van der Waals surface area contributed by atoms with Crippen molar-refractivity contribution in [3.8, 4) is 5.75 Å². The zero-order valence-electron chi connectivity index (χ0n) is 26.5. The molecule has 0 amide bonds. The third-order valence-electron chi connectivity index (χ3n) is 10.2. The highest BCUT2D eigenvalue weighted by atomic mass is 28.4. The highest BCUT2D eigenvalue weighted by Crippen LogP contribution is 2.48. The number of benzene rings is 2. The lowest BCUT2D eigenvalue weighted by atomic mass is 9.73. The molecule has 0 unspecified atom stereocenters. The Bertz CT molecular complexity index is 1090. The minimum absolute atomic E-state index is 0.0971. The predicted octanol–water partition coefficient (Wildman–Crippen LogP) is 8.27. The fourth-order valence-corrected chi connectivity index (χ4v) is 10.4. The highest BCUT2D eigenvalue weighted by molar-refractivity contribution is 6.73. The summed E-state index contributed by atoms with van der Waals surface area (Å²) < 4.78 is 18.5. The van der Waals surface area contributed by atoms with Crippen molar-refractivity contribution in [1.82, 2.24) is 0 Å². The van der Waals surface area contributed by atoms with Gasteiger partial charge in [0, 0.05) is 6.10 Å². The Morgan fingerprint density at radius 2 is 1.71 bits per heavy atom. The van der Waals surface area contributed by atoms with E-state index < -0.39 is 8.32 Å². The standard InChI is InChI=1S/C36H54O5Si/c1-5-9-11-18-30(41-42(6-2,7-3)8-4)20-21-31-32-22-28-17-14-19-35(33(28)23-29(32)24-34(31)37)39-26-36(38)40-25-27-15-12-10-13-16-27/h10,12-17,19,29-32,34,37H,5-9,11,18,20-26H2,1-4H3/t29-,30-,31+,32-,34+/m0/s1. The smallest absolute Gasteiger partial charge is 0.344 e. The van der Waals surface area contributed by atoms with Crippen molar-refractivity contribution in [2.45, 2.75) is 122 Å². The van der Waals surface area contributed by atoms with Gasteiger partial charge in [-0.05, 0) is 97.2 Å². The van der Waals surface area contributed by atoms with Crippen LogP contribution in [-0.2, 0) is 33.4 Å². The zero-order valence-corrected chi connectivity index (χ0v) is 27.5. The Kier molecular flexibility index (Phi) is 12.5. The average molecular weight is 595 g/mol. The van der Waals surface area contributed by atoms with Crippen LogP contribution in [0.2, 0.25) is 18.1 Å². The van der Waals surface area contributed by atoms with Gasteiger partial charge in [-0.1, -0.05) is 89.4 Å². The van der Waals surface area contributed by atoms with Gasteiger partial charge in [-0.2, -0.15) is 0 Å². The molecule has 0 saturated heterocycles. The summed E-state index contributed by atoms with van der Waals surface area (Å²) in [4.78, 5) is 12.4. The number of carbonyl (C=O) groups is 1. The quantitative estimate of drug-likeness (QED) is 0.113. The van der Waals surface area contributed by atoms with Crippen LogP contribution in [0.5, 0.6) is 5.75 Å². The molecular weight excluding hydrogens is 540 g/mol. The van der Waals surface area contributed by atoms with Crippen molar-refractivity contribution in [2.24, 2.45) is 17.8 Å². The molecule has 6 heteroatoms. The van der Waals surface area contributed by atoms with Crippen molar-refractivity contribution in [2.75, 3.05) is 6.61 Å². The van der Waals surface area contributed by atoms with E-state index in [1.807, 2.05) is 42.5 Å². The van der Waals surface area contributed by atoms with Crippen LogP contribution in [-0.4, -0.2) is 38.2 Å². The van der Waals surface area contributed by atoms with E-state index in [-0.39, 0.29) is 25.3 Å². The first-order valence-corrected chi connectivity index (χ1v) is 19.2. The number of aliphatic hydroxyl groups is 1. The van der Waals surface area contributed by atoms with Gasteiger partial charge in [0.1, 0.15) is 12.4 Å². The third-order valence-corrected chi connectivity index (χ3v) is 14.9. The lowest BCUT2D eigenvalue weighted by Gasteiger charge is -2.35. The van der Waals surface area contributed by atoms with E-state index in [1.54, 1.807) is 0 Å². The zero-order chi connectivity index (χ0) is 30.0. The first-order valence-electron chi connectivity index (χ1n) is 16.7. The predicted molar refractivity (Wildman–Crippen MR) is 172 cm³/mol. The summed E-state index contributed by atoms with van der Waals surface area (Å²) in [6, 6.07) is 19.5. The number of aliphatic hydroxyl groups excluding tert-OH is 1. The molecule has 0 radical (unpaired) electrons. The van der Waals surface area contributed by atoms with Crippen molar-refractivity contribution in [3.05, 3.63) is 65.2 Å². The lowest BCUT2D eigenvalue weighted by molar-refractivity contribution is -0.147. The minimum Gasteiger partial charge on any atom is -0.482 e. The van der Waals surface area contributed by atoms with Crippen LogP contribution in [0.1, 0.15) is 89.3 Å². The summed E-state index contributed by atoms with van der Waals surface area (Å²) in [5, 5.41) is 11.3. The van der Waals surface area contributed by atoms with Gasteiger partial charge in [0.15, 0.2) is 14.9 Å². The first-order chi connectivity index (χ1) is 20.4. The Morgan fingerprint density at radius 1 is 0.952 bits per heavy atom.